The van der Waals surface area contributed by atoms with Gasteiger partial charge in [0, 0.05) is 13.1 Å². The number of nitrogens with zero attached hydrogens (tertiary/aromatic N) is 2. The van der Waals surface area contributed by atoms with Crippen molar-refractivity contribution in [2.75, 3.05) is 13.1 Å². The summed E-state index contributed by atoms with van der Waals surface area (Å²) in [6, 6.07) is -1.01. The number of halogens is 3. The van der Waals surface area contributed by atoms with E-state index in [1.165, 1.54) is 4.90 Å². The van der Waals surface area contributed by atoms with Gasteiger partial charge in [0.1, 0.15) is 5.56 Å². The molecule has 3 N–H and O–H groups in total. The van der Waals surface area contributed by atoms with E-state index in [4.69, 9.17) is 0 Å². The number of nitro benzene ring substituents is 1. The third-order valence-corrected chi connectivity index (χ3v) is 3.83. The lowest BCUT2D eigenvalue weighted by Gasteiger charge is -2.26. The zero-order chi connectivity index (χ0) is 19.6. The normalized spacial score (nSPS) is 14.8. The minimum absolute atomic E-state index is 0.0113. The van der Waals surface area contributed by atoms with Gasteiger partial charge in [-0.05, 0) is 25.3 Å². The summed E-state index contributed by atoms with van der Waals surface area (Å²) in [5, 5.41) is 31.6. The second kappa shape index (κ2) is 7.06. The number of alkyl halides is 3. The summed E-state index contributed by atoms with van der Waals surface area (Å²) < 4.78 is 39.5. The smallest absolute Gasteiger partial charge is 0.417 e. The van der Waals surface area contributed by atoms with Crippen molar-refractivity contribution in [2.45, 2.75) is 25.4 Å². The maximum absolute atomic E-state index is 13.2. The highest BCUT2D eigenvalue weighted by Gasteiger charge is 2.43. The molecular weight excluding hydrogens is 363 g/mol. The Morgan fingerprint density at radius 1 is 1.19 bits per heavy atom. The fourth-order valence-electron chi connectivity index (χ4n) is 2.61. The molecule has 1 saturated heterocycles. The SMILES string of the molecule is O=C(NC(=O)N1CCCCC1)c1c(C(F)(F)F)cc(O)c(O)c1[N+](=O)[O-]. The highest BCUT2D eigenvalue weighted by molar-refractivity contribution is 6.08. The lowest BCUT2D eigenvalue weighted by Crippen LogP contribution is -2.45. The highest BCUT2D eigenvalue weighted by atomic mass is 19.4. The minimum atomic E-state index is -5.25. The van der Waals surface area contributed by atoms with Gasteiger partial charge >= 0.3 is 17.9 Å². The molecule has 0 radical (unpaired) electrons. The van der Waals surface area contributed by atoms with Crippen molar-refractivity contribution < 1.29 is 37.9 Å². The predicted octanol–water partition coefficient (Wildman–Crippen LogP) is 2.36. The van der Waals surface area contributed by atoms with Gasteiger partial charge in [-0.2, -0.15) is 13.2 Å². The molecule has 9 nitrogen and oxygen atoms in total. The first kappa shape index (κ1) is 19.3. The Labute approximate surface area is 144 Å². The molecule has 0 spiro atoms. The topological polar surface area (TPSA) is 133 Å². The van der Waals surface area contributed by atoms with Crippen molar-refractivity contribution >= 4 is 17.6 Å². The second-order valence-electron chi connectivity index (χ2n) is 5.58. The van der Waals surface area contributed by atoms with Crippen LogP contribution < -0.4 is 5.32 Å². The Morgan fingerprint density at radius 2 is 1.77 bits per heavy atom. The van der Waals surface area contributed by atoms with Crippen LogP contribution in [0.3, 0.4) is 0 Å². The molecule has 0 unspecified atom stereocenters. The van der Waals surface area contributed by atoms with Gasteiger partial charge in [-0.15, -0.1) is 0 Å². The Morgan fingerprint density at radius 3 is 2.27 bits per heavy atom. The molecule has 26 heavy (non-hydrogen) atoms. The number of phenols is 2. The van der Waals surface area contributed by atoms with Crippen molar-refractivity contribution in [3.05, 3.63) is 27.3 Å². The standard InChI is InChI=1S/C14H14F3N3O6/c15-14(16,17)7-6-8(21)11(22)10(20(25)26)9(7)12(23)18-13(24)19-4-2-1-3-5-19/h6,21-22H,1-5H2,(H,18,23,24). The predicted molar refractivity (Wildman–Crippen MR) is 79.7 cm³/mol. The van der Waals surface area contributed by atoms with Gasteiger partial charge < -0.3 is 15.1 Å². The van der Waals surface area contributed by atoms with E-state index in [1.807, 2.05) is 0 Å². The first-order chi connectivity index (χ1) is 12.0. The third-order valence-electron chi connectivity index (χ3n) is 3.83. The van der Waals surface area contributed by atoms with Gasteiger partial charge in [-0.3, -0.25) is 20.2 Å². The maximum Gasteiger partial charge on any atom is 0.417 e. The van der Waals surface area contributed by atoms with Crippen LogP contribution in [0.2, 0.25) is 0 Å². The summed E-state index contributed by atoms with van der Waals surface area (Å²) >= 11 is 0. The number of rotatable bonds is 2. The lowest BCUT2D eigenvalue weighted by atomic mass is 10.0. The first-order valence-electron chi connectivity index (χ1n) is 7.44. The van der Waals surface area contributed by atoms with Crippen LogP contribution in [0.5, 0.6) is 11.5 Å². The van der Waals surface area contributed by atoms with Crippen LogP contribution in [0.25, 0.3) is 0 Å². The van der Waals surface area contributed by atoms with E-state index in [1.54, 1.807) is 5.32 Å². The number of phenolic OH excluding ortho intramolecular Hbond substituents is 2. The molecule has 3 amide bonds. The minimum Gasteiger partial charge on any atom is -0.504 e. The average molecular weight is 377 g/mol. The van der Waals surface area contributed by atoms with Crippen LogP contribution in [-0.2, 0) is 6.18 Å². The zero-order valence-electron chi connectivity index (χ0n) is 13.2. The number of piperidine rings is 1. The Hall–Kier alpha value is -3.05. The molecule has 1 aromatic carbocycles. The largest absolute Gasteiger partial charge is 0.504 e. The van der Waals surface area contributed by atoms with E-state index < -0.39 is 51.4 Å². The van der Waals surface area contributed by atoms with Crippen molar-refractivity contribution in [3.8, 4) is 11.5 Å². The number of carbonyl (C=O) groups is 2. The number of benzene rings is 1. The summed E-state index contributed by atoms with van der Waals surface area (Å²) in [5.74, 6) is -4.61. The number of carbonyl (C=O) groups excluding carboxylic acids is 2. The van der Waals surface area contributed by atoms with Crippen molar-refractivity contribution in [2.24, 2.45) is 0 Å². The lowest BCUT2D eigenvalue weighted by molar-refractivity contribution is -0.386. The number of aromatic hydroxyl groups is 2. The van der Waals surface area contributed by atoms with Gasteiger partial charge in [0.05, 0.1) is 10.5 Å². The molecule has 0 atom stereocenters. The van der Waals surface area contributed by atoms with Crippen LogP contribution in [0.4, 0.5) is 23.7 Å². The Balaban J connectivity index is 2.48. The van der Waals surface area contributed by atoms with E-state index in [-0.39, 0.29) is 19.2 Å². The van der Waals surface area contributed by atoms with E-state index in [9.17, 15) is 43.1 Å². The second-order valence-corrected chi connectivity index (χ2v) is 5.58. The molecule has 1 aliphatic rings. The van der Waals surface area contributed by atoms with Crippen molar-refractivity contribution in [1.29, 1.82) is 0 Å². The van der Waals surface area contributed by atoms with Crippen LogP contribution in [0.1, 0.15) is 35.2 Å². The van der Waals surface area contributed by atoms with Gasteiger partial charge in [0.2, 0.25) is 5.75 Å². The van der Waals surface area contributed by atoms with Gasteiger partial charge in [0.15, 0.2) is 5.75 Å². The molecule has 1 heterocycles. The highest BCUT2D eigenvalue weighted by Crippen LogP contribution is 2.45. The van der Waals surface area contributed by atoms with E-state index in [0.717, 1.165) is 6.42 Å². The van der Waals surface area contributed by atoms with Gasteiger partial charge in [-0.25, -0.2) is 4.79 Å². The van der Waals surface area contributed by atoms with Crippen LogP contribution in [-0.4, -0.2) is 45.1 Å². The molecule has 12 heteroatoms. The van der Waals surface area contributed by atoms with E-state index in [0.29, 0.717) is 12.8 Å². The molecule has 1 fully saturated rings. The number of nitro groups is 1. The summed E-state index contributed by atoms with van der Waals surface area (Å²) in [6.07, 6.45) is -3.10. The number of hydrogen-bond acceptors (Lipinski definition) is 6. The average Bonchev–Trinajstić information content (AvgIpc) is 2.56. The fourth-order valence-corrected chi connectivity index (χ4v) is 2.61. The molecule has 0 aliphatic carbocycles. The molecule has 1 aliphatic heterocycles. The summed E-state index contributed by atoms with van der Waals surface area (Å²) in [7, 11) is 0. The maximum atomic E-state index is 13.2. The molecule has 0 saturated carbocycles. The number of urea groups is 1. The summed E-state index contributed by atoms with van der Waals surface area (Å²) in [4.78, 5) is 35.0. The van der Waals surface area contributed by atoms with Crippen LogP contribution in [0.15, 0.2) is 6.07 Å². The van der Waals surface area contributed by atoms with E-state index in [2.05, 4.69) is 0 Å². The summed E-state index contributed by atoms with van der Waals surface area (Å²) in [6.45, 7) is 0.572. The van der Waals surface area contributed by atoms with Crippen LogP contribution >= 0.6 is 0 Å². The van der Waals surface area contributed by atoms with Crippen molar-refractivity contribution in [3.63, 3.8) is 0 Å². The molecule has 0 aromatic heterocycles. The van der Waals surface area contributed by atoms with Crippen molar-refractivity contribution in [1.82, 2.24) is 10.2 Å². The summed E-state index contributed by atoms with van der Waals surface area (Å²) in [5.41, 5.74) is -5.03. The Kier molecular flexibility index (Phi) is 5.23. The van der Waals surface area contributed by atoms with Gasteiger partial charge in [0.25, 0.3) is 5.91 Å². The van der Waals surface area contributed by atoms with E-state index >= 15 is 0 Å². The quantitative estimate of drug-likeness (QED) is 0.412. The monoisotopic (exact) mass is 377 g/mol. The Bertz CT molecular complexity index is 759. The number of hydrogen-bond donors (Lipinski definition) is 3. The molecule has 142 valence electrons. The molecule has 2 rings (SSSR count). The number of imide groups is 1. The third kappa shape index (κ3) is 3.78. The first-order valence-corrected chi connectivity index (χ1v) is 7.44. The molecule has 1 aromatic rings. The van der Waals surface area contributed by atoms with Crippen LogP contribution in [0, 0.1) is 10.1 Å². The number of likely N-dealkylation sites (tertiary alicyclic amines) is 1. The molecule has 0 bridgehead atoms. The fraction of sp³-hybridized carbons (Fsp3) is 0.429. The zero-order valence-corrected chi connectivity index (χ0v) is 13.2. The number of amides is 3. The molecular formula is C14H14F3N3O6. The van der Waals surface area contributed by atoms with Gasteiger partial charge in [-0.1, -0.05) is 0 Å². The number of nitrogens with one attached hydrogen (secondary N) is 1.